The molecule has 1 rings (SSSR count). The Kier molecular flexibility index (Phi) is 3.63. The largest absolute Gasteiger partial charge is 0.140 e. The summed E-state index contributed by atoms with van der Waals surface area (Å²) in [6, 6.07) is 4.30. The van der Waals surface area contributed by atoms with Crippen molar-refractivity contribution in [2.24, 2.45) is 0 Å². The average molecular weight is 196 g/mol. The van der Waals surface area contributed by atoms with Gasteiger partial charge in [-0.15, -0.1) is 11.3 Å². The summed E-state index contributed by atoms with van der Waals surface area (Å²) in [6.45, 7) is 7.89. The third-order valence-corrected chi connectivity index (χ3v) is 3.50. The van der Waals surface area contributed by atoms with Gasteiger partial charge < -0.3 is 0 Å². The first kappa shape index (κ1) is 9.62. The predicted molar refractivity (Wildman–Crippen MR) is 60.5 cm³/mol. The van der Waals surface area contributed by atoms with Crippen molar-refractivity contribution in [3.05, 3.63) is 40.0 Å². The minimum atomic E-state index is 1.29. The first-order valence-corrected chi connectivity index (χ1v) is 5.48. The minimum Gasteiger partial charge on any atom is -0.140 e. The van der Waals surface area contributed by atoms with Gasteiger partial charge in [0.15, 0.2) is 0 Å². The van der Waals surface area contributed by atoms with Crippen LogP contribution in [0.4, 0.5) is 0 Å². The molecule has 1 aromatic heterocycles. The number of aryl methyl sites for hydroxylation is 1. The van der Waals surface area contributed by atoms with E-state index in [2.05, 4.69) is 38.6 Å². The molecule has 0 amide bonds. The van der Waals surface area contributed by atoms with Crippen molar-refractivity contribution in [1.82, 2.24) is 0 Å². The summed E-state index contributed by atoms with van der Waals surface area (Å²) in [6.07, 6.45) is 2.12. The van der Waals surface area contributed by atoms with Gasteiger partial charge in [0.25, 0.3) is 0 Å². The van der Waals surface area contributed by atoms with Crippen LogP contribution in [0.25, 0.3) is 4.91 Å². The maximum atomic E-state index is 3.71. The van der Waals surface area contributed by atoms with Crippen molar-refractivity contribution in [2.75, 3.05) is 0 Å². The first-order valence-electron chi connectivity index (χ1n) is 3.78. The number of hydrogen-bond acceptors (Lipinski definition) is 2. The van der Waals surface area contributed by atoms with Gasteiger partial charge >= 0.3 is 0 Å². The summed E-state index contributed by atoms with van der Waals surface area (Å²) in [4.78, 5) is 3.98. The van der Waals surface area contributed by atoms with Crippen LogP contribution in [0.15, 0.2) is 30.2 Å². The third kappa shape index (κ3) is 2.26. The van der Waals surface area contributed by atoms with E-state index < -0.39 is 0 Å². The molecule has 2 heteroatoms. The first-order chi connectivity index (χ1) is 5.77. The highest BCUT2D eigenvalue weighted by atomic mass is 32.2. The highest BCUT2D eigenvalue weighted by Gasteiger charge is 2.01. The molecule has 1 heterocycles. The fourth-order valence-electron chi connectivity index (χ4n) is 0.925. The second kappa shape index (κ2) is 4.53. The van der Waals surface area contributed by atoms with Crippen LogP contribution in [0, 0.1) is 6.92 Å². The van der Waals surface area contributed by atoms with E-state index in [-0.39, 0.29) is 0 Å². The second-order valence-electron chi connectivity index (χ2n) is 2.35. The Hall–Kier alpha value is -0.470. The van der Waals surface area contributed by atoms with Crippen molar-refractivity contribution in [1.29, 1.82) is 0 Å². The topological polar surface area (TPSA) is 0 Å². The van der Waals surface area contributed by atoms with Crippen LogP contribution < -0.4 is 0 Å². The van der Waals surface area contributed by atoms with Crippen LogP contribution in [-0.2, 0) is 0 Å². The zero-order chi connectivity index (χ0) is 8.97. The summed E-state index contributed by atoms with van der Waals surface area (Å²) in [5, 5.41) is 1.87. The number of hydrogen-bond donors (Lipinski definition) is 0. The molecule has 0 saturated heterocycles. The zero-order valence-electron chi connectivity index (χ0n) is 7.33. The van der Waals surface area contributed by atoms with Gasteiger partial charge in [0.2, 0.25) is 0 Å². The lowest BCUT2D eigenvalue weighted by molar-refractivity contribution is 1.64. The molecule has 0 radical (unpaired) electrons. The van der Waals surface area contributed by atoms with Crippen LogP contribution in [0.3, 0.4) is 0 Å². The summed E-state index contributed by atoms with van der Waals surface area (Å²) in [7, 11) is 0. The molecule has 0 aliphatic carbocycles. The highest BCUT2D eigenvalue weighted by Crippen LogP contribution is 2.32. The monoisotopic (exact) mass is 196 g/mol. The van der Waals surface area contributed by atoms with Gasteiger partial charge in [-0.2, -0.15) is 0 Å². The molecule has 0 aliphatic heterocycles. The Morgan fingerprint density at radius 3 is 2.75 bits per heavy atom. The van der Waals surface area contributed by atoms with Gasteiger partial charge in [-0.05, 0) is 31.4 Å². The molecular weight excluding hydrogens is 184 g/mol. The summed E-state index contributed by atoms with van der Waals surface area (Å²) < 4.78 is 0. The van der Waals surface area contributed by atoms with E-state index >= 15 is 0 Å². The fraction of sp³-hybridized carbons (Fsp3) is 0.200. The Morgan fingerprint density at radius 2 is 2.33 bits per heavy atom. The molecule has 0 aromatic carbocycles. The highest BCUT2D eigenvalue weighted by molar-refractivity contribution is 8.11. The Balaban J connectivity index is 2.87. The predicted octanol–water partition coefficient (Wildman–Crippen LogP) is 4.29. The van der Waals surface area contributed by atoms with E-state index in [0.29, 0.717) is 0 Å². The van der Waals surface area contributed by atoms with E-state index in [1.165, 1.54) is 14.7 Å². The molecule has 0 spiro atoms. The van der Waals surface area contributed by atoms with Crippen LogP contribution in [0.2, 0.25) is 0 Å². The quantitative estimate of drug-likeness (QED) is 0.694. The molecule has 12 heavy (non-hydrogen) atoms. The minimum absolute atomic E-state index is 1.29. The standard InChI is InChI=1S/C10H12S2/c1-4-9(11-5-2)10-7-6-8(3)12-10/h4-7H,2H2,1,3H3/b9-4-. The number of allylic oxidation sites excluding steroid dienone is 1. The summed E-state index contributed by atoms with van der Waals surface area (Å²) in [5.74, 6) is 0. The fourth-order valence-corrected chi connectivity index (χ4v) is 2.53. The van der Waals surface area contributed by atoms with Gasteiger partial charge in [-0.3, -0.25) is 0 Å². The molecule has 1 aromatic rings. The van der Waals surface area contributed by atoms with Gasteiger partial charge in [-0.1, -0.05) is 24.4 Å². The number of thiophene rings is 1. The Labute approximate surface area is 82.0 Å². The summed E-state index contributed by atoms with van der Waals surface area (Å²) in [5.41, 5.74) is 0. The normalized spacial score (nSPS) is 11.7. The Bertz CT molecular complexity index is 295. The van der Waals surface area contributed by atoms with E-state index in [1.807, 2.05) is 16.7 Å². The molecular formula is C10H12S2. The van der Waals surface area contributed by atoms with Crippen molar-refractivity contribution in [2.45, 2.75) is 13.8 Å². The molecule has 0 N–H and O–H groups in total. The third-order valence-electron chi connectivity index (χ3n) is 1.46. The maximum absolute atomic E-state index is 3.71. The van der Waals surface area contributed by atoms with E-state index in [0.717, 1.165) is 0 Å². The molecule has 0 unspecified atom stereocenters. The molecule has 0 fully saturated rings. The van der Waals surface area contributed by atoms with E-state index in [4.69, 9.17) is 0 Å². The SMILES string of the molecule is C=CS/C(=C\C)c1ccc(C)s1. The number of thioether (sulfide) groups is 1. The van der Waals surface area contributed by atoms with Crippen LogP contribution >= 0.6 is 23.1 Å². The maximum Gasteiger partial charge on any atom is 0.0409 e. The lowest BCUT2D eigenvalue weighted by Gasteiger charge is -1.97. The second-order valence-corrected chi connectivity index (χ2v) is 4.64. The van der Waals surface area contributed by atoms with Crippen molar-refractivity contribution >= 4 is 28.0 Å². The Morgan fingerprint density at radius 1 is 1.58 bits per heavy atom. The molecule has 0 nitrogen and oxygen atoms in total. The van der Waals surface area contributed by atoms with Crippen molar-refractivity contribution in [3.8, 4) is 0 Å². The smallest absolute Gasteiger partial charge is 0.0409 e. The molecule has 0 bridgehead atoms. The summed E-state index contributed by atoms with van der Waals surface area (Å²) >= 11 is 3.50. The molecule has 64 valence electrons. The van der Waals surface area contributed by atoms with E-state index in [1.54, 1.807) is 11.8 Å². The van der Waals surface area contributed by atoms with Gasteiger partial charge in [0.05, 0.1) is 0 Å². The van der Waals surface area contributed by atoms with Crippen molar-refractivity contribution in [3.63, 3.8) is 0 Å². The van der Waals surface area contributed by atoms with Gasteiger partial charge in [0.1, 0.15) is 0 Å². The van der Waals surface area contributed by atoms with Gasteiger partial charge in [0, 0.05) is 14.7 Å². The molecule has 0 atom stereocenters. The number of rotatable bonds is 3. The van der Waals surface area contributed by atoms with Crippen LogP contribution in [0.1, 0.15) is 16.7 Å². The zero-order valence-corrected chi connectivity index (χ0v) is 8.97. The van der Waals surface area contributed by atoms with Crippen molar-refractivity contribution < 1.29 is 0 Å². The van der Waals surface area contributed by atoms with Crippen LogP contribution in [0.5, 0.6) is 0 Å². The van der Waals surface area contributed by atoms with E-state index in [9.17, 15) is 0 Å². The molecule has 0 aliphatic rings. The van der Waals surface area contributed by atoms with Gasteiger partial charge in [-0.25, -0.2) is 0 Å². The molecule has 0 saturated carbocycles. The average Bonchev–Trinajstić information content (AvgIpc) is 2.47. The van der Waals surface area contributed by atoms with Crippen LogP contribution in [-0.4, -0.2) is 0 Å². The lowest BCUT2D eigenvalue weighted by Crippen LogP contribution is -1.67. The lowest BCUT2D eigenvalue weighted by atomic mass is 10.4.